The second-order valence-corrected chi connectivity index (χ2v) is 5.60. The fraction of sp³-hybridized carbons (Fsp3) is 0.353. The van der Waals surface area contributed by atoms with Gasteiger partial charge in [0.25, 0.3) is 0 Å². The van der Waals surface area contributed by atoms with E-state index >= 15 is 0 Å². The van der Waals surface area contributed by atoms with Crippen molar-refractivity contribution in [2.75, 3.05) is 26.5 Å². The Labute approximate surface area is 140 Å². The largest absolute Gasteiger partial charge is 0.497 e. The summed E-state index contributed by atoms with van der Waals surface area (Å²) in [6.45, 7) is 1.06. The van der Waals surface area contributed by atoms with Gasteiger partial charge < -0.3 is 20.1 Å². The van der Waals surface area contributed by atoms with Gasteiger partial charge >= 0.3 is 0 Å². The van der Waals surface area contributed by atoms with Crippen LogP contribution in [0, 0.1) is 0 Å². The van der Waals surface area contributed by atoms with Crippen LogP contribution in [0.15, 0.2) is 24.5 Å². The number of nitrogens with zero attached hydrogens (tertiary/aromatic N) is 3. The fourth-order valence-corrected chi connectivity index (χ4v) is 2.89. The fourth-order valence-electron chi connectivity index (χ4n) is 2.89. The minimum Gasteiger partial charge on any atom is -0.497 e. The third kappa shape index (κ3) is 3.10. The predicted molar refractivity (Wildman–Crippen MR) is 88.8 cm³/mol. The molecule has 0 unspecified atom stereocenters. The van der Waals surface area contributed by atoms with Crippen molar-refractivity contribution < 1.29 is 14.3 Å². The van der Waals surface area contributed by atoms with Crippen molar-refractivity contribution in [2.24, 2.45) is 0 Å². The van der Waals surface area contributed by atoms with Gasteiger partial charge in [0.05, 0.1) is 32.9 Å². The molecular weight excluding hydrogens is 308 g/mol. The molecule has 1 aliphatic rings. The van der Waals surface area contributed by atoms with E-state index < -0.39 is 0 Å². The van der Waals surface area contributed by atoms with Gasteiger partial charge in [0.15, 0.2) is 0 Å². The highest BCUT2D eigenvalue weighted by Crippen LogP contribution is 2.26. The first-order valence-corrected chi connectivity index (χ1v) is 7.69. The summed E-state index contributed by atoms with van der Waals surface area (Å²) in [5.41, 5.74) is 8.44. The van der Waals surface area contributed by atoms with Crippen molar-refractivity contribution >= 4 is 11.7 Å². The summed E-state index contributed by atoms with van der Waals surface area (Å²) < 4.78 is 10.6. The van der Waals surface area contributed by atoms with Crippen LogP contribution in [0.5, 0.6) is 11.5 Å². The summed E-state index contributed by atoms with van der Waals surface area (Å²) in [5, 5.41) is 0. The van der Waals surface area contributed by atoms with Crippen molar-refractivity contribution in [3.8, 4) is 11.5 Å². The van der Waals surface area contributed by atoms with Gasteiger partial charge in [0.2, 0.25) is 5.91 Å². The Balaban J connectivity index is 1.77. The number of fused-ring (bicyclic) bond motifs is 1. The maximum absolute atomic E-state index is 12.7. The predicted octanol–water partition coefficient (Wildman–Crippen LogP) is 1.20. The van der Waals surface area contributed by atoms with Crippen LogP contribution in [0.4, 0.5) is 5.82 Å². The van der Waals surface area contributed by atoms with E-state index in [1.54, 1.807) is 25.2 Å². The molecule has 0 spiro atoms. The molecule has 7 nitrogen and oxygen atoms in total. The van der Waals surface area contributed by atoms with E-state index in [9.17, 15) is 4.79 Å². The zero-order valence-corrected chi connectivity index (χ0v) is 13.8. The van der Waals surface area contributed by atoms with Gasteiger partial charge in [-0.3, -0.25) is 4.79 Å². The van der Waals surface area contributed by atoms with Crippen LogP contribution >= 0.6 is 0 Å². The Hall–Kier alpha value is -2.83. The molecule has 24 heavy (non-hydrogen) atoms. The Kier molecular flexibility index (Phi) is 4.50. The number of carbonyl (C=O) groups is 1. The van der Waals surface area contributed by atoms with E-state index in [0.717, 1.165) is 16.8 Å². The zero-order valence-electron chi connectivity index (χ0n) is 13.8. The smallest absolute Gasteiger partial charge is 0.227 e. The lowest BCUT2D eigenvalue weighted by Gasteiger charge is -2.28. The standard InChI is InChI=1S/C17H20N4O3/c1-23-12-3-4-15(24-2)11(7-12)8-16(22)21-6-5-13-14(9-21)19-10-20-17(13)18/h3-4,7,10H,5-6,8-9H2,1-2H3,(H2,18,19,20). The first-order chi connectivity index (χ1) is 11.6. The summed E-state index contributed by atoms with van der Waals surface area (Å²) in [6.07, 6.45) is 2.35. The van der Waals surface area contributed by atoms with Crippen LogP contribution in [0.2, 0.25) is 0 Å². The molecule has 126 valence electrons. The molecule has 0 fully saturated rings. The molecule has 2 aromatic rings. The summed E-state index contributed by atoms with van der Waals surface area (Å²) >= 11 is 0. The number of hydrogen-bond acceptors (Lipinski definition) is 6. The van der Waals surface area contributed by atoms with Gasteiger partial charge in [0, 0.05) is 17.7 Å². The highest BCUT2D eigenvalue weighted by molar-refractivity contribution is 5.80. The number of ether oxygens (including phenoxy) is 2. The lowest BCUT2D eigenvalue weighted by molar-refractivity contribution is -0.131. The van der Waals surface area contributed by atoms with Gasteiger partial charge in [-0.25, -0.2) is 9.97 Å². The molecule has 1 aromatic carbocycles. The first-order valence-electron chi connectivity index (χ1n) is 7.69. The van der Waals surface area contributed by atoms with Crippen LogP contribution in [0.1, 0.15) is 16.8 Å². The highest BCUT2D eigenvalue weighted by atomic mass is 16.5. The average Bonchev–Trinajstić information content (AvgIpc) is 2.61. The van der Waals surface area contributed by atoms with Crippen LogP contribution in [0.3, 0.4) is 0 Å². The number of amides is 1. The summed E-state index contributed by atoms with van der Waals surface area (Å²) in [7, 11) is 3.19. The minimum absolute atomic E-state index is 0.0180. The molecule has 0 radical (unpaired) electrons. The van der Waals surface area contributed by atoms with Crippen molar-refractivity contribution in [3.05, 3.63) is 41.3 Å². The number of nitrogen functional groups attached to an aromatic ring is 1. The quantitative estimate of drug-likeness (QED) is 0.907. The molecule has 3 rings (SSSR count). The van der Waals surface area contributed by atoms with Crippen LogP contribution in [-0.4, -0.2) is 41.5 Å². The third-order valence-electron chi connectivity index (χ3n) is 4.22. The number of hydrogen-bond donors (Lipinski definition) is 1. The topological polar surface area (TPSA) is 90.6 Å². The molecule has 0 bridgehead atoms. The summed E-state index contributed by atoms with van der Waals surface area (Å²) in [4.78, 5) is 22.7. The van der Waals surface area contributed by atoms with Crippen LogP contribution in [-0.2, 0) is 24.2 Å². The van der Waals surface area contributed by atoms with Gasteiger partial charge in [0.1, 0.15) is 23.6 Å². The van der Waals surface area contributed by atoms with E-state index in [1.807, 2.05) is 12.1 Å². The molecule has 0 aliphatic carbocycles. The van der Waals surface area contributed by atoms with E-state index in [0.29, 0.717) is 36.8 Å². The molecule has 2 heterocycles. The van der Waals surface area contributed by atoms with Crippen molar-refractivity contribution in [1.29, 1.82) is 0 Å². The third-order valence-corrected chi connectivity index (χ3v) is 4.22. The first kappa shape index (κ1) is 16.0. The minimum atomic E-state index is 0.0180. The maximum Gasteiger partial charge on any atom is 0.227 e. The highest BCUT2D eigenvalue weighted by Gasteiger charge is 2.24. The number of benzene rings is 1. The molecule has 1 aliphatic heterocycles. The van der Waals surface area contributed by atoms with Gasteiger partial charge in [-0.15, -0.1) is 0 Å². The molecule has 1 amide bonds. The Morgan fingerprint density at radius 3 is 2.88 bits per heavy atom. The Bertz CT molecular complexity index is 763. The Morgan fingerprint density at radius 2 is 2.12 bits per heavy atom. The molecule has 0 saturated heterocycles. The maximum atomic E-state index is 12.7. The number of rotatable bonds is 4. The van der Waals surface area contributed by atoms with Crippen LogP contribution < -0.4 is 15.2 Å². The van der Waals surface area contributed by atoms with E-state index in [-0.39, 0.29) is 12.3 Å². The van der Waals surface area contributed by atoms with E-state index in [2.05, 4.69) is 9.97 Å². The SMILES string of the molecule is COc1ccc(OC)c(CC(=O)N2CCc3c(N)ncnc3C2)c1. The number of anilines is 1. The van der Waals surface area contributed by atoms with Gasteiger partial charge in [-0.2, -0.15) is 0 Å². The second kappa shape index (κ2) is 6.74. The van der Waals surface area contributed by atoms with Crippen molar-refractivity contribution in [3.63, 3.8) is 0 Å². The molecule has 7 heteroatoms. The molecular formula is C17H20N4O3. The number of aromatic nitrogens is 2. The summed E-state index contributed by atoms with van der Waals surface area (Å²) in [6, 6.07) is 5.44. The van der Waals surface area contributed by atoms with Crippen LogP contribution in [0.25, 0.3) is 0 Å². The summed E-state index contributed by atoms with van der Waals surface area (Å²) in [5.74, 6) is 1.89. The van der Waals surface area contributed by atoms with Crippen molar-refractivity contribution in [2.45, 2.75) is 19.4 Å². The lowest BCUT2D eigenvalue weighted by atomic mass is 10.0. The zero-order chi connectivity index (χ0) is 17.1. The molecule has 0 atom stereocenters. The number of carbonyl (C=O) groups excluding carboxylic acids is 1. The van der Waals surface area contributed by atoms with E-state index in [1.165, 1.54) is 6.33 Å². The average molecular weight is 328 g/mol. The van der Waals surface area contributed by atoms with E-state index in [4.69, 9.17) is 15.2 Å². The molecule has 1 aromatic heterocycles. The number of nitrogens with two attached hydrogens (primary N) is 1. The lowest BCUT2D eigenvalue weighted by Crippen LogP contribution is -2.37. The van der Waals surface area contributed by atoms with Gasteiger partial charge in [-0.05, 0) is 24.6 Å². The number of methoxy groups -OCH3 is 2. The van der Waals surface area contributed by atoms with Crippen molar-refractivity contribution in [1.82, 2.24) is 14.9 Å². The Morgan fingerprint density at radius 1 is 1.29 bits per heavy atom. The second-order valence-electron chi connectivity index (χ2n) is 5.60. The van der Waals surface area contributed by atoms with Gasteiger partial charge in [-0.1, -0.05) is 0 Å². The monoisotopic (exact) mass is 328 g/mol. The molecule has 0 saturated carbocycles. The normalized spacial score (nSPS) is 13.3. The molecule has 2 N–H and O–H groups in total.